The largest absolute Gasteiger partial charge is 0.465 e. The molecule has 1 saturated carbocycles. The number of anilines is 2. The Hall–Kier alpha value is -3.76. The van der Waals surface area contributed by atoms with E-state index in [1.54, 1.807) is 6.07 Å². The SMILES string of the molecule is C[C@]1(CCc2ccc3ccc(NC(=O)O)nc3c2)C[C@@H](n2ccc3c(N)ncnc32)[C@H](O)[C@@H]1O. The number of aliphatic hydroxyl groups excluding tert-OH is 2. The van der Waals surface area contributed by atoms with Crippen LogP contribution in [0.1, 0.15) is 31.4 Å². The highest BCUT2D eigenvalue weighted by Crippen LogP contribution is 2.48. The van der Waals surface area contributed by atoms with E-state index in [0.717, 1.165) is 16.3 Å². The van der Waals surface area contributed by atoms with Crippen LogP contribution in [-0.4, -0.2) is 53.1 Å². The molecule has 0 aliphatic heterocycles. The lowest BCUT2D eigenvalue weighted by atomic mass is 9.80. The van der Waals surface area contributed by atoms with Crippen molar-refractivity contribution in [2.75, 3.05) is 11.1 Å². The van der Waals surface area contributed by atoms with Crippen molar-refractivity contribution in [3.63, 3.8) is 0 Å². The fourth-order valence-corrected chi connectivity index (χ4v) is 5.04. The highest BCUT2D eigenvalue weighted by molar-refractivity contribution is 5.87. The Kier molecular flexibility index (Phi) is 5.34. The number of rotatable bonds is 5. The molecule has 0 unspecified atom stereocenters. The summed E-state index contributed by atoms with van der Waals surface area (Å²) in [4.78, 5) is 23.6. The van der Waals surface area contributed by atoms with Gasteiger partial charge in [0.25, 0.3) is 0 Å². The first kappa shape index (κ1) is 22.1. The number of carbonyl (C=O) groups is 1. The molecule has 0 spiro atoms. The number of benzene rings is 1. The van der Waals surface area contributed by atoms with E-state index in [9.17, 15) is 15.0 Å². The first-order valence-corrected chi connectivity index (χ1v) is 11.1. The van der Waals surface area contributed by atoms with Gasteiger partial charge in [-0.15, -0.1) is 0 Å². The second kappa shape index (κ2) is 8.23. The maximum Gasteiger partial charge on any atom is 0.410 e. The molecule has 4 aromatic rings. The summed E-state index contributed by atoms with van der Waals surface area (Å²) >= 11 is 0. The number of nitrogens with one attached hydrogen (secondary N) is 1. The summed E-state index contributed by atoms with van der Waals surface area (Å²) in [5.74, 6) is 0.649. The minimum atomic E-state index is -1.16. The molecule has 34 heavy (non-hydrogen) atoms. The summed E-state index contributed by atoms with van der Waals surface area (Å²) in [5, 5.41) is 34.7. The van der Waals surface area contributed by atoms with E-state index in [1.165, 1.54) is 6.33 Å². The monoisotopic (exact) mass is 462 g/mol. The Morgan fingerprint density at radius 1 is 1.24 bits per heavy atom. The smallest absolute Gasteiger partial charge is 0.410 e. The number of aromatic nitrogens is 4. The number of fused-ring (bicyclic) bond motifs is 2. The lowest BCUT2D eigenvalue weighted by molar-refractivity contribution is -0.0241. The van der Waals surface area contributed by atoms with Gasteiger partial charge in [0.2, 0.25) is 0 Å². The molecule has 6 N–H and O–H groups in total. The van der Waals surface area contributed by atoms with Crippen LogP contribution in [0.3, 0.4) is 0 Å². The molecule has 10 nitrogen and oxygen atoms in total. The molecular formula is C24H26N6O4. The summed E-state index contributed by atoms with van der Waals surface area (Å²) in [6.07, 6.45) is 2.11. The summed E-state index contributed by atoms with van der Waals surface area (Å²) < 4.78 is 1.88. The Morgan fingerprint density at radius 2 is 2.03 bits per heavy atom. The van der Waals surface area contributed by atoms with E-state index >= 15 is 0 Å². The number of amides is 1. The minimum Gasteiger partial charge on any atom is -0.465 e. The average molecular weight is 463 g/mol. The van der Waals surface area contributed by atoms with Crippen LogP contribution < -0.4 is 11.1 Å². The highest BCUT2D eigenvalue weighted by atomic mass is 16.4. The molecule has 176 valence electrons. The van der Waals surface area contributed by atoms with Crippen molar-refractivity contribution in [2.24, 2.45) is 5.41 Å². The summed E-state index contributed by atoms with van der Waals surface area (Å²) in [5.41, 5.74) is 7.78. The van der Waals surface area contributed by atoms with Crippen molar-refractivity contribution in [1.29, 1.82) is 0 Å². The number of hydrogen-bond acceptors (Lipinski definition) is 7. The predicted molar refractivity (Wildman–Crippen MR) is 127 cm³/mol. The topological polar surface area (TPSA) is 159 Å². The molecule has 1 amide bonds. The Balaban J connectivity index is 1.36. The number of nitrogens with zero attached hydrogens (tertiary/aromatic N) is 4. The number of pyridine rings is 1. The first-order chi connectivity index (χ1) is 16.2. The molecule has 10 heteroatoms. The highest BCUT2D eigenvalue weighted by Gasteiger charge is 2.50. The van der Waals surface area contributed by atoms with Crippen molar-refractivity contribution >= 4 is 39.7 Å². The van der Waals surface area contributed by atoms with E-state index in [4.69, 9.17) is 10.8 Å². The number of aliphatic hydroxyl groups is 2. The zero-order chi connectivity index (χ0) is 24.0. The van der Waals surface area contributed by atoms with Crippen molar-refractivity contribution < 1.29 is 20.1 Å². The zero-order valence-electron chi connectivity index (χ0n) is 18.6. The van der Waals surface area contributed by atoms with Crippen molar-refractivity contribution in [3.05, 3.63) is 54.5 Å². The molecule has 1 aliphatic rings. The molecule has 5 rings (SSSR count). The number of carboxylic acid groups (broad SMARTS) is 1. The van der Waals surface area contributed by atoms with Gasteiger partial charge in [0.05, 0.1) is 23.0 Å². The fraction of sp³-hybridized carbons (Fsp3) is 0.333. The van der Waals surface area contributed by atoms with Crippen LogP contribution in [0, 0.1) is 5.41 Å². The molecule has 3 aromatic heterocycles. The minimum absolute atomic E-state index is 0.268. The Morgan fingerprint density at radius 3 is 2.82 bits per heavy atom. The van der Waals surface area contributed by atoms with E-state index in [-0.39, 0.29) is 11.9 Å². The molecule has 0 radical (unpaired) electrons. The normalized spacial score (nSPS) is 24.6. The average Bonchev–Trinajstić information content (AvgIpc) is 3.33. The molecule has 1 fully saturated rings. The molecule has 1 aromatic carbocycles. The maximum absolute atomic E-state index is 11.0. The van der Waals surface area contributed by atoms with Gasteiger partial charge < -0.3 is 25.6 Å². The zero-order valence-corrected chi connectivity index (χ0v) is 18.6. The number of hydrogen-bond donors (Lipinski definition) is 5. The van der Waals surface area contributed by atoms with E-state index < -0.39 is 23.7 Å². The molecule has 0 saturated heterocycles. The molecule has 0 bridgehead atoms. The maximum atomic E-state index is 11.0. The quantitative estimate of drug-likeness (QED) is 0.303. The van der Waals surface area contributed by atoms with Crippen LogP contribution in [0.5, 0.6) is 0 Å². The lowest BCUT2D eigenvalue weighted by Gasteiger charge is -2.28. The Labute approximate surface area is 195 Å². The van der Waals surface area contributed by atoms with Gasteiger partial charge in [-0.2, -0.15) is 0 Å². The van der Waals surface area contributed by atoms with Crippen molar-refractivity contribution in [3.8, 4) is 0 Å². The molecule has 4 atom stereocenters. The number of nitrogens with two attached hydrogens (primary N) is 1. The third-order valence-corrected chi connectivity index (χ3v) is 6.98. The van der Waals surface area contributed by atoms with Crippen LogP contribution >= 0.6 is 0 Å². The molecular weight excluding hydrogens is 436 g/mol. The van der Waals surface area contributed by atoms with Gasteiger partial charge in [0, 0.05) is 11.6 Å². The lowest BCUT2D eigenvalue weighted by Crippen LogP contribution is -2.35. The number of nitrogen functional groups attached to an aromatic ring is 1. The summed E-state index contributed by atoms with van der Waals surface area (Å²) in [6, 6.07) is 10.8. The molecule has 3 heterocycles. The van der Waals surface area contributed by atoms with Crippen LogP contribution in [-0.2, 0) is 6.42 Å². The third-order valence-electron chi connectivity index (χ3n) is 6.98. The van der Waals surface area contributed by atoms with Crippen LogP contribution in [0.2, 0.25) is 0 Å². The van der Waals surface area contributed by atoms with Gasteiger partial charge in [0.15, 0.2) is 0 Å². The summed E-state index contributed by atoms with van der Waals surface area (Å²) in [7, 11) is 0. The second-order valence-electron chi connectivity index (χ2n) is 9.23. The van der Waals surface area contributed by atoms with Gasteiger partial charge >= 0.3 is 6.09 Å². The predicted octanol–water partition coefficient (Wildman–Crippen LogP) is 2.96. The second-order valence-corrected chi connectivity index (χ2v) is 9.23. The fourth-order valence-electron chi connectivity index (χ4n) is 5.04. The van der Waals surface area contributed by atoms with Crippen molar-refractivity contribution in [2.45, 2.75) is 44.4 Å². The number of aryl methyl sites for hydroxylation is 1. The third kappa shape index (κ3) is 3.80. The van der Waals surface area contributed by atoms with Gasteiger partial charge in [-0.05, 0) is 54.5 Å². The van der Waals surface area contributed by atoms with E-state index in [0.29, 0.717) is 36.2 Å². The Bertz CT molecular complexity index is 1390. The van der Waals surface area contributed by atoms with Crippen molar-refractivity contribution in [1.82, 2.24) is 19.5 Å². The van der Waals surface area contributed by atoms with Gasteiger partial charge in [0.1, 0.15) is 29.7 Å². The first-order valence-electron chi connectivity index (χ1n) is 11.1. The van der Waals surface area contributed by atoms with E-state index in [2.05, 4.69) is 20.3 Å². The van der Waals surface area contributed by atoms with Crippen LogP contribution in [0.15, 0.2) is 48.9 Å². The molecule has 1 aliphatic carbocycles. The summed E-state index contributed by atoms with van der Waals surface area (Å²) in [6.45, 7) is 1.99. The van der Waals surface area contributed by atoms with Gasteiger partial charge in [-0.3, -0.25) is 5.32 Å². The van der Waals surface area contributed by atoms with Gasteiger partial charge in [-0.25, -0.2) is 19.7 Å². The van der Waals surface area contributed by atoms with Crippen LogP contribution in [0.4, 0.5) is 16.4 Å². The van der Waals surface area contributed by atoms with Gasteiger partial charge in [-0.1, -0.05) is 19.1 Å². The standard InChI is InChI=1S/C24H26N6O4/c1-24(8-6-13-2-3-14-4-5-18(29-23(33)34)28-16(14)10-13)11-17(19(31)20(24)32)30-9-7-15-21(25)26-12-27-22(15)30/h2-5,7,9-10,12,17,19-20,31-32H,6,8,11H2,1H3,(H,28,29)(H,33,34)(H2,25,26,27)/t17-,19+,20+,24+/m1/s1. The van der Waals surface area contributed by atoms with Crippen LogP contribution in [0.25, 0.3) is 21.9 Å². The van der Waals surface area contributed by atoms with E-state index in [1.807, 2.05) is 48.0 Å².